The van der Waals surface area contributed by atoms with E-state index in [1.165, 1.54) is 47.0 Å². The van der Waals surface area contributed by atoms with Crippen molar-refractivity contribution in [3.05, 3.63) is 59.7 Å². The van der Waals surface area contributed by atoms with Gasteiger partial charge in [-0.3, -0.25) is 4.79 Å². The molecule has 4 rings (SSSR count). The zero-order chi connectivity index (χ0) is 22.9. The van der Waals surface area contributed by atoms with E-state index in [0.29, 0.717) is 40.5 Å². The number of esters is 1. The number of carbonyl (C=O) groups excluding carboxylic acids is 2. The standard InChI is InChI=1S/C23H24N2O5S2/c1-15-6-5-13-25(14-15)32(28,29)17-11-9-16(10-12-17)21(26)24-22-20(23(27)30-2)18-7-3-4-8-19(18)31-22/h3-4,7-12,15H,5-6,13-14H2,1-2H3,(H,24,26). The molecule has 1 amide bonds. The molecule has 168 valence electrons. The molecule has 9 heteroatoms. The number of benzene rings is 2. The summed E-state index contributed by atoms with van der Waals surface area (Å²) in [6.07, 6.45) is 1.87. The molecule has 1 N–H and O–H groups in total. The van der Waals surface area contributed by atoms with Gasteiger partial charge in [-0.05, 0) is 49.1 Å². The van der Waals surface area contributed by atoms with Crippen molar-refractivity contribution < 1.29 is 22.7 Å². The average Bonchev–Trinajstić information content (AvgIpc) is 3.16. The lowest BCUT2D eigenvalue weighted by atomic mass is 10.0. The number of rotatable bonds is 5. The lowest BCUT2D eigenvalue weighted by Gasteiger charge is -2.30. The van der Waals surface area contributed by atoms with E-state index in [1.807, 2.05) is 25.1 Å². The van der Waals surface area contributed by atoms with E-state index in [4.69, 9.17) is 4.74 Å². The Balaban J connectivity index is 1.57. The summed E-state index contributed by atoms with van der Waals surface area (Å²) in [5, 5.41) is 3.87. The summed E-state index contributed by atoms with van der Waals surface area (Å²) < 4.78 is 33.1. The fourth-order valence-corrected chi connectivity index (χ4v) is 6.59. The summed E-state index contributed by atoms with van der Waals surface area (Å²) >= 11 is 1.28. The number of fused-ring (bicyclic) bond motifs is 1. The maximum atomic E-state index is 12.9. The molecule has 1 fully saturated rings. The molecule has 1 saturated heterocycles. The van der Waals surface area contributed by atoms with Crippen LogP contribution in [0.1, 0.15) is 40.5 Å². The number of anilines is 1. The molecule has 32 heavy (non-hydrogen) atoms. The second kappa shape index (κ2) is 9.01. The number of hydrogen-bond acceptors (Lipinski definition) is 6. The minimum Gasteiger partial charge on any atom is -0.465 e. The summed E-state index contributed by atoms with van der Waals surface area (Å²) in [4.78, 5) is 25.3. The predicted octanol–water partition coefficient (Wildman–Crippen LogP) is 4.36. The molecule has 1 atom stereocenters. The molecule has 7 nitrogen and oxygen atoms in total. The Morgan fingerprint density at radius 1 is 1.12 bits per heavy atom. The molecular formula is C23H24N2O5S2. The van der Waals surface area contributed by atoms with E-state index in [0.717, 1.165) is 17.5 Å². The Morgan fingerprint density at radius 2 is 1.84 bits per heavy atom. The Bertz CT molecular complexity index is 1270. The highest BCUT2D eigenvalue weighted by molar-refractivity contribution is 7.89. The maximum absolute atomic E-state index is 12.9. The molecule has 0 spiro atoms. The van der Waals surface area contributed by atoms with Crippen molar-refractivity contribution in [3.63, 3.8) is 0 Å². The third-order valence-electron chi connectivity index (χ3n) is 5.59. The number of ether oxygens (including phenoxy) is 1. The van der Waals surface area contributed by atoms with Gasteiger partial charge < -0.3 is 10.1 Å². The largest absolute Gasteiger partial charge is 0.465 e. The number of nitrogens with zero attached hydrogens (tertiary/aromatic N) is 1. The smallest absolute Gasteiger partial charge is 0.341 e. The number of sulfonamides is 1. The topological polar surface area (TPSA) is 92.8 Å². The lowest BCUT2D eigenvalue weighted by Crippen LogP contribution is -2.39. The Morgan fingerprint density at radius 3 is 2.53 bits per heavy atom. The van der Waals surface area contributed by atoms with Gasteiger partial charge in [0.05, 0.1) is 12.0 Å². The first-order chi connectivity index (χ1) is 15.3. The molecule has 1 aliphatic rings. The normalized spacial score (nSPS) is 17.2. The molecule has 1 aliphatic heterocycles. The summed E-state index contributed by atoms with van der Waals surface area (Å²) in [5.74, 6) is -0.638. The first-order valence-electron chi connectivity index (χ1n) is 10.3. The van der Waals surface area contributed by atoms with Crippen LogP contribution in [0.2, 0.25) is 0 Å². The second-order valence-electron chi connectivity index (χ2n) is 7.88. The number of carbonyl (C=O) groups is 2. The zero-order valence-corrected chi connectivity index (χ0v) is 19.5. The van der Waals surface area contributed by atoms with Gasteiger partial charge in [0.2, 0.25) is 10.0 Å². The molecule has 3 aromatic rings. The predicted molar refractivity (Wildman–Crippen MR) is 125 cm³/mol. The monoisotopic (exact) mass is 472 g/mol. The van der Waals surface area contributed by atoms with Gasteiger partial charge in [0.25, 0.3) is 5.91 Å². The summed E-state index contributed by atoms with van der Waals surface area (Å²) in [7, 11) is -2.30. The fraction of sp³-hybridized carbons (Fsp3) is 0.304. The van der Waals surface area contributed by atoms with Crippen LogP contribution in [0.4, 0.5) is 5.00 Å². The number of hydrogen-bond donors (Lipinski definition) is 1. The number of piperidine rings is 1. The quantitative estimate of drug-likeness (QED) is 0.557. The van der Waals surface area contributed by atoms with Crippen LogP contribution in [0, 0.1) is 5.92 Å². The third-order valence-corrected chi connectivity index (χ3v) is 8.55. The first-order valence-corrected chi connectivity index (χ1v) is 12.6. The highest BCUT2D eigenvalue weighted by Gasteiger charge is 2.29. The third kappa shape index (κ3) is 4.28. The minimum absolute atomic E-state index is 0.167. The van der Waals surface area contributed by atoms with Crippen molar-refractivity contribution in [2.24, 2.45) is 5.92 Å². The number of methoxy groups -OCH3 is 1. The van der Waals surface area contributed by atoms with Crippen molar-refractivity contribution in [2.45, 2.75) is 24.7 Å². The Kier molecular flexibility index (Phi) is 6.32. The molecule has 1 aromatic heterocycles. The molecule has 0 saturated carbocycles. The van der Waals surface area contributed by atoms with Crippen LogP contribution in [0.25, 0.3) is 10.1 Å². The minimum atomic E-state index is -3.59. The summed E-state index contributed by atoms with van der Waals surface area (Å²) in [6.45, 7) is 3.07. The van der Waals surface area contributed by atoms with Crippen molar-refractivity contribution >= 4 is 48.3 Å². The number of nitrogens with one attached hydrogen (secondary N) is 1. The van der Waals surface area contributed by atoms with Gasteiger partial charge in [0.15, 0.2) is 0 Å². The number of amides is 1. The molecular weight excluding hydrogens is 448 g/mol. The average molecular weight is 473 g/mol. The molecule has 0 radical (unpaired) electrons. The summed E-state index contributed by atoms with van der Waals surface area (Å²) in [6, 6.07) is 13.2. The maximum Gasteiger partial charge on any atom is 0.341 e. The van der Waals surface area contributed by atoms with Crippen molar-refractivity contribution in [1.29, 1.82) is 0 Å². The lowest BCUT2D eigenvalue weighted by molar-refractivity contribution is 0.0604. The highest BCUT2D eigenvalue weighted by atomic mass is 32.2. The SMILES string of the molecule is COC(=O)c1c(NC(=O)c2ccc(S(=O)(=O)N3CCCC(C)C3)cc2)sc2ccccc12. The van der Waals surface area contributed by atoms with Crippen LogP contribution in [0.3, 0.4) is 0 Å². The van der Waals surface area contributed by atoms with Gasteiger partial charge in [-0.15, -0.1) is 11.3 Å². The van der Waals surface area contributed by atoms with Gasteiger partial charge in [-0.2, -0.15) is 4.31 Å². The van der Waals surface area contributed by atoms with Crippen LogP contribution >= 0.6 is 11.3 Å². The van der Waals surface area contributed by atoms with Crippen molar-refractivity contribution in [2.75, 3.05) is 25.5 Å². The van der Waals surface area contributed by atoms with Crippen LogP contribution in [0.5, 0.6) is 0 Å². The molecule has 2 heterocycles. The van der Waals surface area contributed by atoms with E-state index >= 15 is 0 Å². The van der Waals surface area contributed by atoms with E-state index in [1.54, 1.807) is 6.07 Å². The number of thiophene rings is 1. The van der Waals surface area contributed by atoms with E-state index in [2.05, 4.69) is 5.32 Å². The van der Waals surface area contributed by atoms with E-state index in [9.17, 15) is 18.0 Å². The zero-order valence-electron chi connectivity index (χ0n) is 17.8. The molecule has 0 bridgehead atoms. The highest BCUT2D eigenvalue weighted by Crippen LogP contribution is 2.36. The van der Waals surface area contributed by atoms with Crippen LogP contribution in [0.15, 0.2) is 53.4 Å². The van der Waals surface area contributed by atoms with Crippen LogP contribution in [-0.4, -0.2) is 44.8 Å². The molecule has 1 unspecified atom stereocenters. The van der Waals surface area contributed by atoms with Crippen molar-refractivity contribution in [3.8, 4) is 0 Å². The Labute approximate surface area is 191 Å². The van der Waals surface area contributed by atoms with Crippen LogP contribution in [-0.2, 0) is 14.8 Å². The van der Waals surface area contributed by atoms with Gasteiger partial charge in [-0.1, -0.05) is 25.1 Å². The van der Waals surface area contributed by atoms with E-state index < -0.39 is 21.9 Å². The second-order valence-corrected chi connectivity index (χ2v) is 10.9. The van der Waals surface area contributed by atoms with Gasteiger partial charge in [0.1, 0.15) is 10.6 Å². The van der Waals surface area contributed by atoms with E-state index in [-0.39, 0.29) is 4.90 Å². The summed E-state index contributed by atoms with van der Waals surface area (Å²) in [5.41, 5.74) is 0.601. The van der Waals surface area contributed by atoms with Gasteiger partial charge >= 0.3 is 5.97 Å². The van der Waals surface area contributed by atoms with Gasteiger partial charge in [0, 0.05) is 28.7 Å². The first kappa shape index (κ1) is 22.4. The molecule has 0 aliphatic carbocycles. The van der Waals surface area contributed by atoms with Crippen molar-refractivity contribution in [1.82, 2.24) is 4.31 Å². The van der Waals surface area contributed by atoms with Gasteiger partial charge in [-0.25, -0.2) is 13.2 Å². The molecule has 2 aromatic carbocycles. The fourth-order valence-electron chi connectivity index (χ4n) is 3.91. The van der Waals surface area contributed by atoms with Crippen LogP contribution < -0.4 is 5.32 Å². The Hall–Kier alpha value is -2.75.